The maximum absolute atomic E-state index is 4.40. The van der Waals surface area contributed by atoms with Crippen molar-refractivity contribution in [3.8, 4) is 0 Å². The van der Waals surface area contributed by atoms with Gasteiger partial charge in [-0.05, 0) is 32.0 Å². The summed E-state index contributed by atoms with van der Waals surface area (Å²) >= 11 is 0. The molecule has 2 aliphatic rings. The van der Waals surface area contributed by atoms with Crippen molar-refractivity contribution in [3.63, 3.8) is 0 Å². The molecule has 0 spiro atoms. The molecule has 2 saturated heterocycles. The summed E-state index contributed by atoms with van der Waals surface area (Å²) in [4.78, 5) is 2.64. The summed E-state index contributed by atoms with van der Waals surface area (Å²) in [5.74, 6) is 0. The van der Waals surface area contributed by atoms with Gasteiger partial charge in [-0.25, -0.2) is 0 Å². The van der Waals surface area contributed by atoms with Crippen molar-refractivity contribution in [3.05, 3.63) is 5.32 Å². The number of likely N-dealkylation sites (tertiary alicyclic amines) is 1. The van der Waals surface area contributed by atoms with Crippen LogP contribution >= 0.6 is 0 Å². The van der Waals surface area contributed by atoms with E-state index in [4.69, 9.17) is 0 Å². The molecule has 70 valence electrons. The first-order valence-corrected chi connectivity index (χ1v) is 4.84. The van der Waals surface area contributed by atoms with Gasteiger partial charge in [0.25, 0.3) is 0 Å². The van der Waals surface area contributed by atoms with Crippen LogP contribution in [0.5, 0.6) is 0 Å². The standard InChI is InChI=1S/C9H17N2.W/c1-2-6-11(7-3-1)9-4-5-10-8-9;/h9H,1-8H2;/q-1;. The van der Waals surface area contributed by atoms with Gasteiger partial charge in [-0.2, -0.15) is 0 Å². The minimum atomic E-state index is 0. The third-order valence-corrected chi connectivity index (χ3v) is 2.87. The van der Waals surface area contributed by atoms with Crippen LogP contribution in [0.1, 0.15) is 25.7 Å². The van der Waals surface area contributed by atoms with Gasteiger partial charge in [0.05, 0.1) is 0 Å². The van der Waals surface area contributed by atoms with E-state index >= 15 is 0 Å². The quantitative estimate of drug-likeness (QED) is 0.711. The van der Waals surface area contributed by atoms with Gasteiger partial charge >= 0.3 is 0 Å². The van der Waals surface area contributed by atoms with Crippen LogP contribution in [0.25, 0.3) is 5.32 Å². The van der Waals surface area contributed by atoms with Crippen LogP contribution < -0.4 is 0 Å². The van der Waals surface area contributed by atoms with E-state index in [9.17, 15) is 0 Å². The van der Waals surface area contributed by atoms with Crippen molar-refractivity contribution in [1.82, 2.24) is 4.90 Å². The third kappa shape index (κ3) is 2.55. The van der Waals surface area contributed by atoms with Gasteiger partial charge in [0.15, 0.2) is 0 Å². The van der Waals surface area contributed by atoms with Gasteiger partial charge in [0.1, 0.15) is 0 Å². The molecule has 2 nitrogen and oxygen atoms in total. The molecule has 0 aromatic heterocycles. The number of piperidine rings is 1. The largest absolute Gasteiger partial charge is 0.661 e. The van der Waals surface area contributed by atoms with E-state index < -0.39 is 0 Å². The van der Waals surface area contributed by atoms with Crippen molar-refractivity contribution in [2.45, 2.75) is 31.7 Å². The van der Waals surface area contributed by atoms with Gasteiger partial charge in [0.2, 0.25) is 0 Å². The second kappa shape index (κ2) is 5.36. The Morgan fingerprint density at radius 2 is 1.83 bits per heavy atom. The van der Waals surface area contributed by atoms with Crippen LogP contribution in [0.15, 0.2) is 0 Å². The van der Waals surface area contributed by atoms with Gasteiger partial charge in [-0.15, -0.1) is 13.1 Å². The van der Waals surface area contributed by atoms with Crippen molar-refractivity contribution in [2.75, 3.05) is 26.2 Å². The van der Waals surface area contributed by atoms with E-state index in [1.807, 2.05) is 0 Å². The molecule has 0 aromatic carbocycles. The minimum absolute atomic E-state index is 0. The average molecular weight is 337 g/mol. The molecule has 0 N–H and O–H groups in total. The van der Waals surface area contributed by atoms with E-state index in [2.05, 4.69) is 10.2 Å². The average Bonchev–Trinajstić information content (AvgIpc) is 2.58. The van der Waals surface area contributed by atoms with Crippen LogP contribution in [0.3, 0.4) is 0 Å². The number of hydrogen-bond acceptors (Lipinski definition) is 1. The van der Waals surface area contributed by atoms with Crippen molar-refractivity contribution >= 4 is 0 Å². The summed E-state index contributed by atoms with van der Waals surface area (Å²) < 4.78 is 0. The molecule has 0 bridgehead atoms. The van der Waals surface area contributed by atoms with E-state index in [1.54, 1.807) is 0 Å². The van der Waals surface area contributed by atoms with Crippen LogP contribution in [0.4, 0.5) is 0 Å². The summed E-state index contributed by atoms with van der Waals surface area (Å²) in [6.07, 6.45) is 5.59. The van der Waals surface area contributed by atoms with Gasteiger partial charge in [-0.1, -0.05) is 12.8 Å². The number of hydrogen-bond donors (Lipinski definition) is 0. The molecular weight excluding hydrogens is 320 g/mol. The first-order chi connectivity index (χ1) is 5.47. The van der Waals surface area contributed by atoms with Crippen LogP contribution in [0.2, 0.25) is 0 Å². The molecule has 2 rings (SSSR count). The Morgan fingerprint density at radius 3 is 2.42 bits per heavy atom. The predicted molar refractivity (Wildman–Crippen MR) is 46.9 cm³/mol. The van der Waals surface area contributed by atoms with Crippen LogP contribution in [-0.2, 0) is 21.1 Å². The molecule has 1 unspecified atom stereocenters. The second-order valence-corrected chi connectivity index (χ2v) is 3.67. The molecule has 0 saturated carbocycles. The Morgan fingerprint density at radius 1 is 1.08 bits per heavy atom. The second-order valence-electron chi connectivity index (χ2n) is 3.67. The Kier molecular flexibility index (Phi) is 4.78. The zero-order valence-electron chi connectivity index (χ0n) is 7.54. The first-order valence-electron chi connectivity index (χ1n) is 4.84. The Balaban J connectivity index is 0.000000720. The number of nitrogens with zero attached hydrogens (tertiary/aromatic N) is 2. The van der Waals surface area contributed by atoms with E-state index in [0.29, 0.717) is 0 Å². The molecule has 3 heteroatoms. The first kappa shape index (κ1) is 10.7. The topological polar surface area (TPSA) is 17.3 Å². The Bertz CT molecular complexity index is 118. The molecular formula is C9H17N2W-. The Hall–Kier alpha value is 0.608. The van der Waals surface area contributed by atoms with Crippen LogP contribution in [0, 0.1) is 0 Å². The summed E-state index contributed by atoms with van der Waals surface area (Å²) in [5, 5.41) is 4.40. The summed E-state index contributed by atoms with van der Waals surface area (Å²) in [5.41, 5.74) is 0. The molecule has 2 heterocycles. The van der Waals surface area contributed by atoms with Gasteiger partial charge < -0.3 is 10.2 Å². The van der Waals surface area contributed by atoms with Gasteiger partial charge in [-0.3, -0.25) is 0 Å². The summed E-state index contributed by atoms with van der Waals surface area (Å²) in [7, 11) is 0. The zero-order chi connectivity index (χ0) is 7.52. The summed E-state index contributed by atoms with van der Waals surface area (Å²) in [6.45, 7) is 4.89. The molecule has 0 amide bonds. The fraction of sp³-hybridized carbons (Fsp3) is 1.00. The fourth-order valence-electron chi connectivity index (χ4n) is 2.15. The van der Waals surface area contributed by atoms with Crippen molar-refractivity contribution in [1.29, 1.82) is 0 Å². The molecule has 0 radical (unpaired) electrons. The summed E-state index contributed by atoms with van der Waals surface area (Å²) in [6, 6.07) is 0.815. The minimum Gasteiger partial charge on any atom is -0.661 e. The molecule has 2 aliphatic heterocycles. The predicted octanol–water partition coefficient (Wildman–Crippen LogP) is 1.62. The third-order valence-electron chi connectivity index (χ3n) is 2.87. The monoisotopic (exact) mass is 337 g/mol. The van der Waals surface area contributed by atoms with E-state index in [1.165, 1.54) is 38.8 Å². The molecule has 0 aromatic rings. The fourth-order valence-corrected chi connectivity index (χ4v) is 2.15. The normalized spacial score (nSPS) is 31.5. The maximum atomic E-state index is 4.40. The number of rotatable bonds is 1. The molecule has 0 aliphatic carbocycles. The van der Waals surface area contributed by atoms with Crippen molar-refractivity contribution in [2.24, 2.45) is 0 Å². The molecule has 1 atom stereocenters. The van der Waals surface area contributed by atoms with Crippen molar-refractivity contribution < 1.29 is 21.1 Å². The maximum Gasteiger partial charge on any atom is 0 e. The van der Waals surface area contributed by atoms with Crippen LogP contribution in [-0.4, -0.2) is 37.1 Å². The zero-order valence-corrected chi connectivity index (χ0v) is 10.5. The van der Waals surface area contributed by atoms with Gasteiger partial charge in [0, 0.05) is 21.1 Å². The molecule has 12 heavy (non-hydrogen) atoms. The van der Waals surface area contributed by atoms with E-state index in [0.717, 1.165) is 19.1 Å². The SMILES string of the molecule is C1CCN(C2CC[N-]C2)CC1.[W]. The molecule has 2 fully saturated rings. The van der Waals surface area contributed by atoms with E-state index in [-0.39, 0.29) is 21.1 Å². The smallest absolute Gasteiger partial charge is 0 e. The Labute approximate surface area is 89.3 Å².